The van der Waals surface area contributed by atoms with Crippen LogP contribution in [0.25, 0.3) is 0 Å². The van der Waals surface area contributed by atoms with E-state index in [1.807, 2.05) is 11.0 Å². The molecule has 0 aromatic carbocycles. The molecule has 102 valence electrons. The number of nitrogens with zero attached hydrogens (tertiary/aromatic N) is 2. The highest BCUT2D eigenvalue weighted by Crippen LogP contribution is 2.25. The van der Waals surface area contributed by atoms with Crippen molar-refractivity contribution in [3.8, 4) is 6.07 Å². The molecule has 1 aromatic rings. The fourth-order valence-electron chi connectivity index (χ4n) is 2.14. The van der Waals surface area contributed by atoms with Crippen LogP contribution in [0.1, 0.15) is 16.9 Å². The zero-order valence-corrected chi connectivity index (χ0v) is 11.1. The Balaban J connectivity index is 1.93. The molecule has 2 N–H and O–H groups in total. The van der Waals surface area contributed by atoms with Gasteiger partial charge in [-0.3, -0.25) is 15.0 Å². The molecule has 2 heterocycles. The number of nitriles is 1. The lowest BCUT2D eigenvalue weighted by atomic mass is 10.0. The van der Waals surface area contributed by atoms with Gasteiger partial charge in [0.1, 0.15) is 17.4 Å². The Bertz CT molecular complexity index is 524. The number of hydrogen-bond acceptors (Lipinski definition) is 5. The summed E-state index contributed by atoms with van der Waals surface area (Å²) in [6.45, 7) is 5.41. The minimum Gasteiger partial charge on any atom is -0.444 e. The van der Waals surface area contributed by atoms with E-state index in [9.17, 15) is 4.79 Å². The zero-order chi connectivity index (χ0) is 14.0. The van der Waals surface area contributed by atoms with Gasteiger partial charge in [-0.2, -0.15) is 5.26 Å². The molecule has 1 aliphatic heterocycles. The van der Waals surface area contributed by atoms with Gasteiger partial charge in [0.15, 0.2) is 0 Å². The number of likely N-dealkylation sites (tertiary alicyclic amines) is 1. The van der Waals surface area contributed by atoms with Crippen LogP contribution in [0.15, 0.2) is 4.42 Å². The van der Waals surface area contributed by atoms with Crippen molar-refractivity contribution in [2.75, 3.05) is 31.6 Å². The van der Waals surface area contributed by atoms with Crippen molar-refractivity contribution in [2.45, 2.75) is 13.8 Å². The topological polar surface area (TPSA) is 89.5 Å². The molecular formula is C13H17N3O3. The van der Waals surface area contributed by atoms with Crippen LogP contribution in [-0.4, -0.2) is 42.2 Å². The number of amides is 1. The number of aliphatic hydroxyl groups excluding tert-OH is 1. The summed E-state index contributed by atoms with van der Waals surface area (Å²) < 4.78 is 5.37. The van der Waals surface area contributed by atoms with E-state index in [4.69, 9.17) is 14.8 Å². The van der Waals surface area contributed by atoms with E-state index < -0.39 is 0 Å². The number of aliphatic hydroxyl groups is 1. The highest BCUT2D eigenvalue weighted by molar-refractivity contribution is 5.92. The predicted molar refractivity (Wildman–Crippen MR) is 68.5 cm³/mol. The molecule has 0 bridgehead atoms. The maximum absolute atomic E-state index is 11.8. The number of anilines is 1. The van der Waals surface area contributed by atoms with Crippen LogP contribution in [0.3, 0.4) is 0 Å². The van der Waals surface area contributed by atoms with Crippen LogP contribution < -0.4 is 5.32 Å². The van der Waals surface area contributed by atoms with E-state index >= 15 is 0 Å². The minimum atomic E-state index is -0.207. The molecular weight excluding hydrogens is 246 g/mol. The summed E-state index contributed by atoms with van der Waals surface area (Å²) in [5, 5.41) is 20.6. The first-order valence-electron chi connectivity index (χ1n) is 6.18. The van der Waals surface area contributed by atoms with Crippen LogP contribution in [0.2, 0.25) is 0 Å². The van der Waals surface area contributed by atoms with Crippen LogP contribution in [0.4, 0.5) is 5.88 Å². The van der Waals surface area contributed by atoms with Gasteiger partial charge in [0, 0.05) is 31.2 Å². The summed E-state index contributed by atoms with van der Waals surface area (Å²) in [7, 11) is 0. The normalized spacial score (nSPS) is 15.9. The van der Waals surface area contributed by atoms with E-state index in [2.05, 4.69) is 5.32 Å². The molecule has 1 amide bonds. The van der Waals surface area contributed by atoms with E-state index in [0.29, 0.717) is 11.3 Å². The summed E-state index contributed by atoms with van der Waals surface area (Å²) in [6.07, 6.45) is 0. The van der Waals surface area contributed by atoms with E-state index in [0.717, 1.165) is 18.7 Å². The number of furan rings is 1. The Labute approximate surface area is 111 Å². The molecule has 6 nitrogen and oxygen atoms in total. The fraction of sp³-hybridized carbons (Fsp3) is 0.538. The molecule has 19 heavy (non-hydrogen) atoms. The van der Waals surface area contributed by atoms with Crippen LogP contribution in [0, 0.1) is 31.1 Å². The molecule has 1 saturated heterocycles. The number of rotatable bonds is 4. The van der Waals surface area contributed by atoms with E-state index in [1.54, 1.807) is 13.8 Å². The number of aryl methyl sites for hydroxylation is 1. The largest absolute Gasteiger partial charge is 0.444 e. The summed E-state index contributed by atoms with van der Waals surface area (Å²) in [5.74, 6) is 0.926. The lowest BCUT2D eigenvalue weighted by Gasteiger charge is -2.37. The molecule has 0 unspecified atom stereocenters. The highest BCUT2D eigenvalue weighted by atomic mass is 16.4. The van der Waals surface area contributed by atoms with Crippen LogP contribution >= 0.6 is 0 Å². The van der Waals surface area contributed by atoms with Crippen LogP contribution in [-0.2, 0) is 4.79 Å². The number of nitrogens with one attached hydrogen (secondary N) is 1. The molecule has 1 fully saturated rings. The van der Waals surface area contributed by atoms with Crippen LogP contribution in [0.5, 0.6) is 0 Å². The Kier molecular flexibility index (Phi) is 3.88. The van der Waals surface area contributed by atoms with Crippen molar-refractivity contribution in [3.05, 3.63) is 16.9 Å². The van der Waals surface area contributed by atoms with Crippen molar-refractivity contribution in [1.29, 1.82) is 5.26 Å². The Morgan fingerprint density at radius 3 is 2.84 bits per heavy atom. The molecule has 0 radical (unpaired) electrons. The SMILES string of the molecule is Cc1oc(NC(=O)CN2CC(CO)C2)c(C#N)c1C. The molecule has 0 atom stereocenters. The Morgan fingerprint density at radius 2 is 2.26 bits per heavy atom. The van der Waals surface area contributed by atoms with Gasteiger partial charge in [0.2, 0.25) is 11.8 Å². The monoisotopic (exact) mass is 263 g/mol. The van der Waals surface area contributed by atoms with Crippen molar-refractivity contribution >= 4 is 11.8 Å². The zero-order valence-electron chi connectivity index (χ0n) is 11.1. The second-order valence-electron chi connectivity index (χ2n) is 4.89. The van der Waals surface area contributed by atoms with Gasteiger partial charge in [-0.25, -0.2) is 0 Å². The first-order chi connectivity index (χ1) is 9.05. The summed E-state index contributed by atoms with van der Waals surface area (Å²) >= 11 is 0. The first-order valence-corrected chi connectivity index (χ1v) is 6.18. The fourth-order valence-corrected chi connectivity index (χ4v) is 2.14. The maximum Gasteiger partial charge on any atom is 0.240 e. The third-order valence-corrected chi connectivity index (χ3v) is 3.41. The molecule has 0 aliphatic carbocycles. The molecule has 0 saturated carbocycles. The molecule has 1 aromatic heterocycles. The van der Waals surface area contributed by atoms with E-state index in [1.165, 1.54) is 0 Å². The van der Waals surface area contributed by atoms with Gasteiger partial charge in [-0.15, -0.1) is 0 Å². The Hall–Kier alpha value is -1.84. The predicted octanol–water partition coefficient (Wildman–Crippen LogP) is 0.631. The van der Waals surface area contributed by atoms with Crippen molar-refractivity contribution in [2.24, 2.45) is 5.92 Å². The standard InChI is InChI=1S/C13H17N3O3/c1-8-9(2)19-13(11(8)3-14)15-12(18)6-16-4-10(5-16)7-17/h10,17H,4-7H2,1-2H3,(H,15,18). The number of hydrogen-bond donors (Lipinski definition) is 2. The molecule has 2 rings (SSSR count). The second-order valence-corrected chi connectivity index (χ2v) is 4.89. The van der Waals surface area contributed by atoms with Gasteiger partial charge < -0.3 is 9.52 Å². The Morgan fingerprint density at radius 1 is 1.58 bits per heavy atom. The average Bonchev–Trinajstić information content (AvgIpc) is 2.58. The minimum absolute atomic E-state index is 0.160. The second kappa shape index (κ2) is 5.43. The molecule has 0 spiro atoms. The van der Waals surface area contributed by atoms with Gasteiger partial charge in [-0.1, -0.05) is 0 Å². The van der Waals surface area contributed by atoms with Gasteiger partial charge in [0.05, 0.1) is 6.54 Å². The smallest absolute Gasteiger partial charge is 0.240 e. The highest BCUT2D eigenvalue weighted by Gasteiger charge is 2.27. The lowest BCUT2D eigenvalue weighted by Crippen LogP contribution is -2.51. The number of carbonyl (C=O) groups is 1. The van der Waals surface area contributed by atoms with Crippen molar-refractivity contribution in [3.63, 3.8) is 0 Å². The number of carbonyl (C=O) groups excluding carboxylic acids is 1. The van der Waals surface area contributed by atoms with Gasteiger partial charge >= 0.3 is 0 Å². The quantitative estimate of drug-likeness (QED) is 0.831. The van der Waals surface area contributed by atoms with E-state index in [-0.39, 0.29) is 30.9 Å². The summed E-state index contributed by atoms with van der Waals surface area (Å²) in [5.41, 5.74) is 1.13. The van der Waals surface area contributed by atoms with Gasteiger partial charge in [-0.05, 0) is 13.8 Å². The summed E-state index contributed by atoms with van der Waals surface area (Å²) in [4.78, 5) is 13.8. The summed E-state index contributed by atoms with van der Waals surface area (Å²) in [6, 6.07) is 2.03. The lowest BCUT2D eigenvalue weighted by molar-refractivity contribution is -0.119. The third-order valence-electron chi connectivity index (χ3n) is 3.41. The molecule has 6 heteroatoms. The third kappa shape index (κ3) is 2.78. The maximum atomic E-state index is 11.8. The molecule has 1 aliphatic rings. The first kappa shape index (κ1) is 13.6. The van der Waals surface area contributed by atoms with Gasteiger partial charge in [0.25, 0.3) is 0 Å². The average molecular weight is 263 g/mol. The van der Waals surface area contributed by atoms with Crippen molar-refractivity contribution in [1.82, 2.24) is 4.90 Å². The van der Waals surface area contributed by atoms with Crippen molar-refractivity contribution < 1.29 is 14.3 Å².